The van der Waals surface area contributed by atoms with Crippen molar-refractivity contribution in [2.45, 2.75) is 19.0 Å². The van der Waals surface area contributed by atoms with E-state index >= 15 is 0 Å². The maximum Gasteiger partial charge on any atom is 0.322 e. The van der Waals surface area contributed by atoms with Crippen LogP contribution in [0, 0.1) is 0 Å². The van der Waals surface area contributed by atoms with Crippen molar-refractivity contribution in [2.75, 3.05) is 16.8 Å². The molecule has 0 aromatic heterocycles. The summed E-state index contributed by atoms with van der Waals surface area (Å²) in [5.41, 5.74) is 1.54. The molecule has 0 spiro atoms. The molecule has 1 saturated heterocycles. The number of hydrogen-bond donors (Lipinski definition) is 1. The molecule has 1 fully saturated rings. The highest BCUT2D eigenvalue weighted by Gasteiger charge is 2.34. The Kier molecular flexibility index (Phi) is 5.89. The zero-order valence-electron chi connectivity index (χ0n) is 13.9. The molecule has 3 rings (SSSR count). The number of amides is 2. The van der Waals surface area contributed by atoms with Crippen LogP contribution in [0.2, 0.25) is 5.02 Å². The lowest BCUT2D eigenvalue weighted by atomic mass is 10.1. The number of benzene rings is 2. The number of nitrogens with one attached hydrogen (secondary N) is 1. The fourth-order valence-corrected chi connectivity index (χ4v) is 5.25. The van der Waals surface area contributed by atoms with Gasteiger partial charge in [-0.25, -0.2) is 13.2 Å². The lowest BCUT2D eigenvalue weighted by molar-refractivity contribution is 0.190. The first-order valence-electron chi connectivity index (χ1n) is 8.10. The average Bonchev–Trinajstić information content (AvgIpc) is 2.94. The van der Waals surface area contributed by atoms with Gasteiger partial charge < -0.3 is 10.2 Å². The van der Waals surface area contributed by atoms with Gasteiger partial charge in [0.15, 0.2) is 9.84 Å². The number of urea groups is 1. The fourth-order valence-electron chi connectivity index (χ4n) is 2.95. The maximum atomic E-state index is 12.9. The molecule has 1 aliphatic heterocycles. The number of anilines is 1. The number of carbonyl (C=O) groups excluding carboxylic acids is 1. The average molecular weight is 458 g/mol. The third kappa shape index (κ3) is 4.99. The minimum absolute atomic E-state index is 0.00492. The van der Waals surface area contributed by atoms with Crippen molar-refractivity contribution < 1.29 is 13.2 Å². The Hall–Kier alpha value is -1.57. The summed E-state index contributed by atoms with van der Waals surface area (Å²) in [5.74, 6) is 0.107. The normalized spacial score (nSPS) is 18.5. The van der Waals surface area contributed by atoms with Gasteiger partial charge in [-0.2, -0.15) is 0 Å². The Bertz CT molecular complexity index is 903. The van der Waals surface area contributed by atoms with Gasteiger partial charge in [0, 0.05) is 27.8 Å². The van der Waals surface area contributed by atoms with Crippen LogP contribution in [-0.2, 0) is 16.4 Å². The van der Waals surface area contributed by atoms with Gasteiger partial charge in [0.05, 0.1) is 11.5 Å². The van der Waals surface area contributed by atoms with Crippen molar-refractivity contribution >= 4 is 49.1 Å². The summed E-state index contributed by atoms with van der Waals surface area (Å²) in [6, 6.07) is 13.8. The number of carbonyl (C=O) groups is 1. The summed E-state index contributed by atoms with van der Waals surface area (Å²) in [6.07, 6.45) is 0.449. The molecule has 2 amide bonds. The molecule has 2 aromatic carbocycles. The number of halogens is 2. The van der Waals surface area contributed by atoms with Crippen LogP contribution in [0.15, 0.2) is 53.0 Å². The Morgan fingerprint density at radius 1 is 1.23 bits per heavy atom. The van der Waals surface area contributed by atoms with Crippen molar-refractivity contribution in [3.05, 3.63) is 63.6 Å². The lowest BCUT2D eigenvalue weighted by Crippen LogP contribution is -2.43. The summed E-state index contributed by atoms with van der Waals surface area (Å²) in [4.78, 5) is 14.5. The van der Waals surface area contributed by atoms with Gasteiger partial charge in [0.1, 0.15) is 0 Å². The predicted octanol–water partition coefficient (Wildman–Crippen LogP) is 4.32. The molecule has 1 atom stereocenters. The molecule has 8 heteroatoms. The quantitative estimate of drug-likeness (QED) is 0.743. The van der Waals surface area contributed by atoms with Crippen LogP contribution in [0.25, 0.3) is 0 Å². The molecule has 1 aliphatic rings. The molecular weight excluding hydrogens is 440 g/mol. The van der Waals surface area contributed by atoms with Crippen molar-refractivity contribution in [3.63, 3.8) is 0 Å². The smallest absolute Gasteiger partial charge is 0.316 e. The predicted molar refractivity (Wildman–Crippen MR) is 107 cm³/mol. The van der Waals surface area contributed by atoms with Crippen LogP contribution < -0.4 is 5.32 Å². The van der Waals surface area contributed by atoms with Crippen LogP contribution in [0.3, 0.4) is 0 Å². The first kappa shape index (κ1) is 19.2. The molecule has 26 heavy (non-hydrogen) atoms. The van der Waals surface area contributed by atoms with E-state index in [0.29, 0.717) is 23.7 Å². The largest absolute Gasteiger partial charge is 0.322 e. The zero-order chi connectivity index (χ0) is 18.7. The SMILES string of the molecule is O=C(Nc1ccc(Cl)cc1)N(Cc1cccc(Br)c1)C1CCS(=O)(=O)C1. The Morgan fingerprint density at radius 3 is 2.58 bits per heavy atom. The molecule has 1 heterocycles. The minimum atomic E-state index is -3.10. The second-order valence-corrected chi connectivity index (χ2v) is 9.83. The number of sulfone groups is 1. The number of nitrogens with zero attached hydrogens (tertiary/aromatic N) is 1. The Labute approximate surface area is 166 Å². The highest BCUT2D eigenvalue weighted by molar-refractivity contribution is 9.10. The van der Waals surface area contributed by atoms with Crippen molar-refractivity contribution in [3.8, 4) is 0 Å². The summed E-state index contributed by atoms with van der Waals surface area (Å²) in [6.45, 7) is 0.332. The maximum absolute atomic E-state index is 12.9. The highest BCUT2D eigenvalue weighted by atomic mass is 79.9. The van der Waals surface area contributed by atoms with Gasteiger partial charge in [-0.05, 0) is 48.4 Å². The van der Waals surface area contributed by atoms with Crippen LogP contribution in [0.5, 0.6) is 0 Å². The van der Waals surface area contributed by atoms with E-state index in [1.165, 1.54) is 0 Å². The molecule has 138 valence electrons. The Balaban J connectivity index is 1.81. The monoisotopic (exact) mass is 456 g/mol. The van der Waals surface area contributed by atoms with E-state index in [1.54, 1.807) is 29.2 Å². The minimum Gasteiger partial charge on any atom is -0.316 e. The summed E-state index contributed by atoms with van der Waals surface area (Å²) < 4.78 is 24.7. The first-order valence-corrected chi connectivity index (χ1v) is 11.1. The van der Waals surface area contributed by atoms with Crippen molar-refractivity contribution in [1.82, 2.24) is 4.90 Å². The molecule has 0 aliphatic carbocycles. The van der Waals surface area contributed by atoms with Gasteiger partial charge in [-0.3, -0.25) is 0 Å². The molecule has 0 saturated carbocycles. The van der Waals surface area contributed by atoms with E-state index in [9.17, 15) is 13.2 Å². The summed E-state index contributed by atoms with van der Waals surface area (Å²) in [5, 5.41) is 3.41. The van der Waals surface area contributed by atoms with Crippen LogP contribution in [0.1, 0.15) is 12.0 Å². The topological polar surface area (TPSA) is 66.5 Å². The fraction of sp³-hybridized carbons (Fsp3) is 0.278. The standard InChI is InChI=1S/C18H18BrClN2O3S/c19-14-3-1-2-13(10-14)11-22(17-8-9-26(24,25)12-17)18(23)21-16-6-4-15(20)5-7-16/h1-7,10,17H,8-9,11-12H2,(H,21,23). The molecule has 2 aromatic rings. The van der Waals surface area contributed by atoms with Gasteiger partial charge in [-0.15, -0.1) is 0 Å². The number of hydrogen-bond acceptors (Lipinski definition) is 3. The van der Waals surface area contributed by atoms with Gasteiger partial charge in [0.25, 0.3) is 0 Å². The van der Waals surface area contributed by atoms with E-state index in [1.807, 2.05) is 24.3 Å². The van der Waals surface area contributed by atoms with Crippen LogP contribution >= 0.6 is 27.5 Å². The van der Waals surface area contributed by atoms with E-state index in [-0.39, 0.29) is 23.6 Å². The van der Waals surface area contributed by atoms with Crippen LogP contribution in [-0.4, -0.2) is 36.9 Å². The molecule has 0 bridgehead atoms. The van der Waals surface area contributed by atoms with Gasteiger partial charge >= 0.3 is 6.03 Å². The Morgan fingerprint density at radius 2 is 1.96 bits per heavy atom. The van der Waals surface area contributed by atoms with E-state index in [2.05, 4.69) is 21.2 Å². The molecule has 5 nitrogen and oxygen atoms in total. The van der Waals surface area contributed by atoms with Crippen LogP contribution in [0.4, 0.5) is 10.5 Å². The van der Waals surface area contributed by atoms with E-state index in [0.717, 1.165) is 10.0 Å². The van der Waals surface area contributed by atoms with E-state index in [4.69, 9.17) is 11.6 Å². The van der Waals surface area contributed by atoms with Gasteiger partial charge in [-0.1, -0.05) is 39.7 Å². The molecular formula is C18H18BrClN2O3S. The molecule has 1 N–H and O–H groups in total. The summed E-state index contributed by atoms with van der Waals surface area (Å²) >= 11 is 9.30. The highest BCUT2D eigenvalue weighted by Crippen LogP contribution is 2.23. The van der Waals surface area contributed by atoms with E-state index < -0.39 is 9.84 Å². The lowest BCUT2D eigenvalue weighted by Gasteiger charge is -2.28. The molecule has 1 unspecified atom stereocenters. The third-order valence-electron chi connectivity index (χ3n) is 4.25. The van der Waals surface area contributed by atoms with Gasteiger partial charge in [0.2, 0.25) is 0 Å². The molecule has 0 radical (unpaired) electrons. The summed E-state index contributed by atoms with van der Waals surface area (Å²) in [7, 11) is -3.10. The van der Waals surface area contributed by atoms with Crippen molar-refractivity contribution in [2.24, 2.45) is 0 Å². The van der Waals surface area contributed by atoms with Crippen molar-refractivity contribution in [1.29, 1.82) is 0 Å². The third-order valence-corrected chi connectivity index (χ3v) is 6.74. The number of rotatable bonds is 4. The first-order chi connectivity index (χ1) is 12.3. The second kappa shape index (κ2) is 7.98. The zero-order valence-corrected chi connectivity index (χ0v) is 17.0. The second-order valence-electron chi connectivity index (χ2n) is 6.25.